The molecular formula is C22H19N3O3. The van der Waals surface area contributed by atoms with Crippen LogP contribution in [0.25, 0.3) is 10.9 Å². The average molecular weight is 373 g/mol. The Morgan fingerprint density at radius 1 is 1.04 bits per heavy atom. The van der Waals surface area contributed by atoms with Gasteiger partial charge in [0.1, 0.15) is 11.6 Å². The highest BCUT2D eigenvalue weighted by Crippen LogP contribution is 2.28. The SMILES string of the molecule is O=C(CC(c1ccccc1)c1ccco1)NCc1nc2ccccc2c(=O)[nH]1. The number of rotatable bonds is 6. The second-order valence-electron chi connectivity index (χ2n) is 6.49. The van der Waals surface area contributed by atoms with Crippen molar-refractivity contribution in [1.29, 1.82) is 0 Å². The molecule has 2 heterocycles. The van der Waals surface area contributed by atoms with E-state index >= 15 is 0 Å². The van der Waals surface area contributed by atoms with Gasteiger partial charge < -0.3 is 14.7 Å². The Morgan fingerprint density at radius 3 is 2.61 bits per heavy atom. The highest BCUT2D eigenvalue weighted by Gasteiger charge is 2.20. The van der Waals surface area contributed by atoms with Crippen molar-refractivity contribution >= 4 is 16.8 Å². The number of fused-ring (bicyclic) bond motifs is 1. The smallest absolute Gasteiger partial charge is 0.258 e. The molecule has 0 aliphatic rings. The minimum absolute atomic E-state index is 0.151. The Kier molecular flexibility index (Phi) is 5.01. The van der Waals surface area contributed by atoms with Crippen LogP contribution in [0.2, 0.25) is 0 Å². The second kappa shape index (κ2) is 7.92. The highest BCUT2D eigenvalue weighted by atomic mass is 16.3. The van der Waals surface area contributed by atoms with E-state index in [0.717, 1.165) is 11.3 Å². The van der Waals surface area contributed by atoms with E-state index in [-0.39, 0.29) is 30.3 Å². The molecule has 2 N–H and O–H groups in total. The van der Waals surface area contributed by atoms with Crippen LogP contribution in [0, 0.1) is 0 Å². The first-order valence-electron chi connectivity index (χ1n) is 9.03. The molecule has 0 saturated carbocycles. The lowest BCUT2D eigenvalue weighted by molar-refractivity contribution is -0.121. The highest BCUT2D eigenvalue weighted by molar-refractivity contribution is 5.78. The van der Waals surface area contributed by atoms with Crippen molar-refractivity contribution in [2.75, 3.05) is 0 Å². The van der Waals surface area contributed by atoms with Crippen LogP contribution in [0.15, 0.2) is 82.2 Å². The van der Waals surface area contributed by atoms with Gasteiger partial charge in [-0.1, -0.05) is 42.5 Å². The Morgan fingerprint density at radius 2 is 1.82 bits per heavy atom. The van der Waals surface area contributed by atoms with Gasteiger partial charge in [0.05, 0.1) is 29.6 Å². The van der Waals surface area contributed by atoms with E-state index in [4.69, 9.17) is 4.42 Å². The van der Waals surface area contributed by atoms with Gasteiger partial charge in [-0.3, -0.25) is 9.59 Å². The molecular weight excluding hydrogens is 354 g/mol. The summed E-state index contributed by atoms with van der Waals surface area (Å²) in [6.07, 6.45) is 1.84. The molecule has 1 amide bonds. The van der Waals surface area contributed by atoms with Crippen LogP contribution in [-0.2, 0) is 11.3 Å². The lowest BCUT2D eigenvalue weighted by Gasteiger charge is -2.15. The number of para-hydroxylation sites is 1. The number of aromatic nitrogens is 2. The Bertz CT molecular complexity index is 1130. The summed E-state index contributed by atoms with van der Waals surface area (Å²) in [5.41, 5.74) is 1.39. The number of H-pyrrole nitrogens is 1. The number of carbonyl (C=O) groups excluding carboxylic acids is 1. The monoisotopic (exact) mass is 373 g/mol. The summed E-state index contributed by atoms with van der Waals surface area (Å²) in [6.45, 7) is 0.151. The van der Waals surface area contributed by atoms with Crippen LogP contribution >= 0.6 is 0 Å². The quantitative estimate of drug-likeness (QED) is 0.542. The minimum atomic E-state index is -0.215. The van der Waals surface area contributed by atoms with Crippen LogP contribution in [0.4, 0.5) is 0 Å². The van der Waals surface area contributed by atoms with Gasteiger partial charge in [-0.05, 0) is 29.8 Å². The summed E-state index contributed by atoms with van der Waals surface area (Å²) in [5.74, 6) is 0.825. The van der Waals surface area contributed by atoms with Gasteiger partial charge in [0, 0.05) is 6.42 Å². The van der Waals surface area contributed by atoms with Crippen molar-refractivity contribution in [2.24, 2.45) is 0 Å². The summed E-state index contributed by atoms with van der Waals surface area (Å²) < 4.78 is 5.54. The molecule has 4 rings (SSSR count). The van der Waals surface area contributed by atoms with Gasteiger partial charge in [0.25, 0.3) is 5.56 Å². The van der Waals surface area contributed by atoms with Gasteiger partial charge in [-0.15, -0.1) is 0 Å². The Labute approximate surface area is 161 Å². The maximum absolute atomic E-state index is 12.6. The standard InChI is InChI=1S/C22H19N3O3/c26-21(13-17(19-11-6-12-28-19)15-7-2-1-3-8-15)23-14-20-24-18-10-5-4-9-16(18)22(27)25-20/h1-12,17H,13-14H2,(H,23,26)(H,24,25,27). The molecule has 1 atom stereocenters. The topological polar surface area (TPSA) is 88.0 Å². The normalized spacial score (nSPS) is 12.0. The van der Waals surface area contributed by atoms with Crippen molar-refractivity contribution in [3.8, 4) is 0 Å². The van der Waals surface area contributed by atoms with Gasteiger partial charge >= 0.3 is 0 Å². The molecule has 6 heteroatoms. The average Bonchev–Trinajstić information content (AvgIpc) is 3.26. The third-order valence-electron chi connectivity index (χ3n) is 4.59. The number of aromatic amines is 1. The molecule has 0 aliphatic carbocycles. The zero-order valence-corrected chi connectivity index (χ0v) is 15.1. The first kappa shape index (κ1) is 17.7. The van der Waals surface area contributed by atoms with Crippen molar-refractivity contribution in [2.45, 2.75) is 18.9 Å². The number of nitrogens with zero attached hydrogens (tertiary/aromatic N) is 1. The number of amides is 1. The van der Waals surface area contributed by atoms with Crippen molar-refractivity contribution in [3.05, 3.63) is 100 Å². The number of nitrogens with one attached hydrogen (secondary N) is 2. The number of carbonyl (C=O) groups is 1. The summed E-state index contributed by atoms with van der Waals surface area (Å²) >= 11 is 0. The Hall–Kier alpha value is -3.67. The maximum atomic E-state index is 12.6. The third kappa shape index (κ3) is 3.86. The molecule has 0 bridgehead atoms. The van der Waals surface area contributed by atoms with Gasteiger partial charge in [-0.2, -0.15) is 0 Å². The molecule has 0 saturated heterocycles. The van der Waals surface area contributed by atoms with Gasteiger partial charge in [0.15, 0.2) is 0 Å². The van der Waals surface area contributed by atoms with Crippen molar-refractivity contribution < 1.29 is 9.21 Å². The number of hydrogen-bond acceptors (Lipinski definition) is 4. The van der Waals surface area contributed by atoms with E-state index in [0.29, 0.717) is 16.7 Å². The van der Waals surface area contributed by atoms with Crippen LogP contribution < -0.4 is 10.9 Å². The molecule has 0 fully saturated rings. The zero-order valence-electron chi connectivity index (χ0n) is 15.1. The third-order valence-corrected chi connectivity index (χ3v) is 4.59. The lowest BCUT2D eigenvalue weighted by atomic mass is 9.93. The summed E-state index contributed by atoms with van der Waals surface area (Å²) in [6, 6.07) is 20.6. The minimum Gasteiger partial charge on any atom is -0.469 e. The largest absolute Gasteiger partial charge is 0.469 e. The van der Waals surface area contributed by atoms with Crippen LogP contribution in [0.3, 0.4) is 0 Å². The number of benzene rings is 2. The molecule has 2 aromatic carbocycles. The van der Waals surface area contributed by atoms with Gasteiger partial charge in [0.2, 0.25) is 5.91 Å². The summed E-state index contributed by atoms with van der Waals surface area (Å²) in [7, 11) is 0. The van der Waals surface area contributed by atoms with Crippen molar-refractivity contribution in [3.63, 3.8) is 0 Å². The first-order valence-corrected chi connectivity index (χ1v) is 9.03. The van der Waals surface area contributed by atoms with Crippen LogP contribution in [0.5, 0.6) is 0 Å². The molecule has 0 aliphatic heterocycles. The Balaban J connectivity index is 1.48. The molecule has 4 aromatic rings. The van der Waals surface area contributed by atoms with Crippen molar-refractivity contribution in [1.82, 2.24) is 15.3 Å². The lowest BCUT2D eigenvalue weighted by Crippen LogP contribution is -2.27. The van der Waals surface area contributed by atoms with E-state index in [2.05, 4.69) is 15.3 Å². The van der Waals surface area contributed by atoms with Gasteiger partial charge in [-0.25, -0.2) is 4.98 Å². The predicted molar refractivity (Wildman–Crippen MR) is 106 cm³/mol. The molecule has 1 unspecified atom stereocenters. The summed E-state index contributed by atoms with van der Waals surface area (Å²) in [5, 5.41) is 3.37. The maximum Gasteiger partial charge on any atom is 0.258 e. The second-order valence-corrected chi connectivity index (χ2v) is 6.49. The van der Waals surface area contributed by atoms with E-state index in [1.807, 2.05) is 48.5 Å². The molecule has 0 radical (unpaired) electrons. The van der Waals surface area contributed by atoms with E-state index in [1.165, 1.54) is 0 Å². The zero-order chi connectivity index (χ0) is 19.3. The molecule has 2 aromatic heterocycles. The first-order chi connectivity index (χ1) is 13.7. The fraction of sp³-hybridized carbons (Fsp3) is 0.136. The van der Waals surface area contributed by atoms with E-state index in [9.17, 15) is 9.59 Å². The molecule has 28 heavy (non-hydrogen) atoms. The molecule has 140 valence electrons. The fourth-order valence-electron chi connectivity index (χ4n) is 3.22. The number of hydrogen-bond donors (Lipinski definition) is 2. The summed E-state index contributed by atoms with van der Waals surface area (Å²) in [4.78, 5) is 31.8. The van der Waals surface area contributed by atoms with E-state index in [1.54, 1.807) is 24.5 Å². The fourth-order valence-corrected chi connectivity index (χ4v) is 3.22. The number of furan rings is 1. The molecule has 0 spiro atoms. The van der Waals surface area contributed by atoms with Crippen LogP contribution in [-0.4, -0.2) is 15.9 Å². The molecule has 6 nitrogen and oxygen atoms in total. The predicted octanol–water partition coefficient (Wildman–Crippen LogP) is 3.35. The van der Waals surface area contributed by atoms with E-state index < -0.39 is 0 Å². The van der Waals surface area contributed by atoms with Crippen LogP contribution in [0.1, 0.15) is 29.5 Å².